The van der Waals surface area contributed by atoms with Crippen LogP contribution in [0.4, 0.5) is 4.39 Å². The number of hydrogen-bond donors (Lipinski definition) is 2. The van der Waals surface area contributed by atoms with Gasteiger partial charge >= 0.3 is 0 Å². The lowest BCUT2D eigenvalue weighted by Gasteiger charge is -2.35. The van der Waals surface area contributed by atoms with E-state index in [0.29, 0.717) is 12.4 Å². The molecule has 3 atom stereocenters. The predicted octanol–water partition coefficient (Wildman–Crippen LogP) is 3.90. The van der Waals surface area contributed by atoms with Gasteiger partial charge in [0.25, 0.3) is 0 Å². The molecule has 196 valence electrons. The molecule has 0 bridgehead atoms. The van der Waals surface area contributed by atoms with Crippen LogP contribution in [0.1, 0.15) is 63.6 Å². The molecule has 0 spiro atoms. The highest BCUT2D eigenvalue weighted by molar-refractivity contribution is 5.90. The third-order valence-electron chi connectivity index (χ3n) is 7.96. The maximum atomic E-state index is 14.0. The van der Waals surface area contributed by atoms with Crippen LogP contribution < -0.4 is 10.6 Å². The Morgan fingerprint density at radius 2 is 1.86 bits per heavy atom. The molecule has 1 aromatic carbocycles. The fourth-order valence-corrected chi connectivity index (χ4v) is 5.76. The minimum absolute atomic E-state index is 0.0203. The van der Waals surface area contributed by atoms with E-state index in [1.807, 2.05) is 27.8 Å². The van der Waals surface area contributed by atoms with Crippen molar-refractivity contribution in [1.29, 1.82) is 0 Å². The fraction of sp³-hybridized carbons (Fsp3) is 0.500. The van der Waals surface area contributed by atoms with Gasteiger partial charge in [-0.15, -0.1) is 0 Å². The molecule has 2 aromatic heterocycles. The van der Waals surface area contributed by atoms with Gasteiger partial charge in [-0.05, 0) is 69.8 Å². The van der Waals surface area contributed by atoms with Crippen molar-refractivity contribution in [2.24, 2.45) is 5.92 Å². The number of fused-ring (bicyclic) bond motifs is 1. The van der Waals surface area contributed by atoms with Crippen molar-refractivity contribution in [2.75, 3.05) is 13.6 Å². The van der Waals surface area contributed by atoms with Crippen molar-refractivity contribution in [2.45, 2.75) is 70.0 Å². The first-order valence-electron chi connectivity index (χ1n) is 13.3. The van der Waals surface area contributed by atoms with Crippen LogP contribution in [0.5, 0.6) is 0 Å². The lowest BCUT2D eigenvalue weighted by molar-refractivity contribution is -0.139. The first-order valence-corrected chi connectivity index (χ1v) is 13.3. The van der Waals surface area contributed by atoms with Crippen molar-refractivity contribution in [3.8, 4) is 5.82 Å². The summed E-state index contributed by atoms with van der Waals surface area (Å²) < 4.78 is 15.6. The molecule has 8 nitrogen and oxygen atoms in total. The lowest BCUT2D eigenvalue weighted by Crippen LogP contribution is -2.55. The fourth-order valence-electron chi connectivity index (χ4n) is 5.76. The lowest BCUT2D eigenvalue weighted by atomic mass is 9.83. The zero-order valence-electron chi connectivity index (χ0n) is 21.5. The van der Waals surface area contributed by atoms with Gasteiger partial charge in [0.2, 0.25) is 11.8 Å². The second-order valence-electron chi connectivity index (χ2n) is 10.3. The van der Waals surface area contributed by atoms with E-state index in [4.69, 9.17) is 0 Å². The Labute approximate surface area is 216 Å². The Bertz CT molecular complexity index is 1270. The number of hydrogen-bond acceptors (Lipinski definition) is 5. The van der Waals surface area contributed by atoms with Crippen molar-refractivity contribution < 1.29 is 14.0 Å². The van der Waals surface area contributed by atoms with E-state index in [-0.39, 0.29) is 35.6 Å². The molecular formula is C28H35FN6O2. The van der Waals surface area contributed by atoms with Gasteiger partial charge in [0.1, 0.15) is 24.0 Å². The molecule has 9 heteroatoms. The summed E-state index contributed by atoms with van der Waals surface area (Å²) in [7, 11) is 1.75. The van der Waals surface area contributed by atoms with Crippen LogP contribution in [0, 0.1) is 11.7 Å². The van der Waals surface area contributed by atoms with Gasteiger partial charge in [-0.3, -0.25) is 9.59 Å². The summed E-state index contributed by atoms with van der Waals surface area (Å²) in [5.41, 5.74) is 1.63. The normalized spacial score (nSPS) is 20.2. The molecule has 0 radical (unpaired) electrons. The number of carbonyl (C=O) groups is 2. The van der Waals surface area contributed by atoms with Crippen LogP contribution in [0.15, 0.2) is 42.9 Å². The SMILES string of the molecule is CNC(C)C(=O)N[C@H](C(=O)N1CCC[C@H]1c1cc(-n2ccc3cc(F)ccc32)ncn1)C1CCCCC1. The Hall–Kier alpha value is -3.33. The second kappa shape index (κ2) is 11.0. The average Bonchev–Trinajstić information content (AvgIpc) is 3.58. The van der Waals surface area contributed by atoms with Crippen LogP contribution >= 0.6 is 0 Å². The summed E-state index contributed by atoms with van der Waals surface area (Å²) in [6.45, 7) is 2.44. The highest BCUT2D eigenvalue weighted by atomic mass is 19.1. The molecule has 2 N–H and O–H groups in total. The van der Waals surface area contributed by atoms with Crippen LogP contribution in [0.3, 0.4) is 0 Å². The number of likely N-dealkylation sites (N-methyl/N-ethyl adjacent to an activating group) is 1. The van der Waals surface area contributed by atoms with Crippen molar-refractivity contribution in [1.82, 2.24) is 30.1 Å². The van der Waals surface area contributed by atoms with Crippen molar-refractivity contribution >= 4 is 22.7 Å². The van der Waals surface area contributed by atoms with Gasteiger partial charge in [-0.2, -0.15) is 0 Å². The molecule has 3 heterocycles. The molecule has 2 aliphatic rings. The monoisotopic (exact) mass is 506 g/mol. The van der Waals surface area contributed by atoms with Crippen LogP contribution in [-0.4, -0.2) is 56.9 Å². The van der Waals surface area contributed by atoms with Crippen LogP contribution in [-0.2, 0) is 9.59 Å². The molecule has 2 fully saturated rings. The molecule has 3 aromatic rings. The predicted molar refractivity (Wildman–Crippen MR) is 140 cm³/mol. The van der Waals surface area contributed by atoms with E-state index < -0.39 is 6.04 Å². The molecule has 1 unspecified atom stereocenters. The van der Waals surface area contributed by atoms with E-state index in [1.54, 1.807) is 20.0 Å². The van der Waals surface area contributed by atoms with Crippen LogP contribution in [0.2, 0.25) is 0 Å². The second-order valence-corrected chi connectivity index (χ2v) is 10.3. The molecule has 2 amide bonds. The smallest absolute Gasteiger partial charge is 0.246 e. The molecular weight excluding hydrogens is 471 g/mol. The standard InChI is InChI=1S/C28H35FN6O2/c1-18(30-2)27(36)33-26(19-7-4-3-5-8-19)28(37)35-13-6-9-24(35)22-16-25(32-17-31-22)34-14-12-20-15-21(29)10-11-23(20)34/h10-12,14-19,24,26,30H,3-9,13H2,1-2H3,(H,33,36)/t18?,24-,26-/m0/s1. The number of rotatable bonds is 7. The Balaban J connectivity index is 1.42. The zero-order valence-corrected chi connectivity index (χ0v) is 21.5. The van der Waals surface area contributed by atoms with E-state index in [0.717, 1.165) is 55.1 Å². The van der Waals surface area contributed by atoms with Crippen LogP contribution in [0.25, 0.3) is 16.7 Å². The average molecular weight is 507 g/mol. The third kappa shape index (κ3) is 5.23. The number of halogens is 1. The number of nitrogens with one attached hydrogen (secondary N) is 2. The van der Waals surface area contributed by atoms with Crippen molar-refractivity contribution in [3.05, 3.63) is 54.4 Å². The Kier molecular flexibility index (Phi) is 7.50. The Morgan fingerprint density at radius 3 is 2.65 bits per heavy atom. The van der Waals surface area contributed by atoms with E-state index in [2.05, 4.69) is 20.6 Å². The summed E-state index contributed by atoms with van der Waals surface area (Å²) in [4.78, 5) is 37.7. The van der Waals surface area contributed by atoms with Gasteiger partial charge < -0.3 is 20.1 Å². The highest BCUT2D eigenvalue weighted by Crippen LogP contribution is 2.35. The summed E-state index contributed by atoms with van der Waals surface area (Å²) >= 11 is 0. The van der Waals surface area contributed by atoms with E-state index in [1.165, 1.54) is 24.9 Å². The van der Waals surface area contributed by atoms with E-state index in [9.17, 15) is 14.0 Å². The molecule has 5 rings (SSSR count). The topological polar surface area (TPSA) is 92.2 Å². The zero-order chi connectivity index (χ0) is 25.9. The first kappa shape index (κ1) is 25.3. The highest BCUT2D eigenvalue weighted by Gasteiger charge is 2.39. The number of likely N-dealkylation sites (tertiary alicyclic amines) is 1. The van der Waals surface area contributed by atoms with Crippen molar-refractivity contribution in [3.63, 3.8) is 0 Å². The molecule has 1 saturated carbocycles. The molecule has 1 aliphatic carbocycles. The minimum Gasteiger partial charge on any atom is -0.343 e. The summed E-state index contributed by atoms with van der Waals surface area (Å²) in [5, 5.41) is 6.85. The van der Waals surface area contributed by atoms with Gasteiger partial charge in [-0.25, -0.2) is 14.4 Å². The number of benzene rings is 1. The maximum absolute atomic E-state index is 14.0. The first-order chi connectivity index (χ1) is 18.0. The number of nitrogens with zero attached hydrogens (tertiary/aromatic N) is 4. The summed E-state index contributed by atoms with van der Waals surface area (Å²) in [6.07, 6.45) is 10.3. The molecule has 37 heavy (non-hydrogen) atoms. The summed E-state index contributed by atoms with van der Waals surface area (Å²) in [6, 6.07) is 7.36. The number of carbonyl (C=O) groups excluding carboxylic acids is 2. The van der Waals surface area contributed by atoms with Gasteiger partial charge in [-0.1, -0.05) is 19.3 Å². The Morgan fingerprint density at radius 1 is 1.05 bits per heavy atom. The number of aromatic nitrogens is 3. The maximum Gasteiger partial charge on any atom is 0.246 e. The van der Waals surface area contributed by atoms with Gasteiger partial charge in [0.15, 0.2) is 0 Å². The van der Waals surface area contributed by atoms with Gasteiger partial charge in [0.05, 0.1) is 23.3 Å². The minimum atomic E-state index is -0.534. The van der Waals surface area contributed by atoms with Gasteiger partial charge in [0, 0.05) is 24.2 Å². The summed E-state index contributed by atoms with van der Waals surface area (Å²) in [5.74, 6) is 0.363. The third-order valence-corrected chi connectivity index (χ3v) is 7.96. The quantitative estimate of drug-likeness (QED) is 0.507. The largest absolute Gasteiger partial charge is 0.343 e. The molecule has 1 saturated heterocycles. The van der Waals surface area contributed by atoms with E-state index >= 15 is 0 Å². The number of amides is 2. The molecule has 1 aliphatic heterocycles.